The average molecular weight is 304 g/mol. The first-order chi connectivity index (χ1) is 7.84. The highest BCUT2D eigenvalue weighted by atomic mass is 79.9. The highest BCUT2D eigenvalue weighted by Crippen LogP contribution is 2.17. The van der Waals surface area contributed by atoms with Crippen LogP contribution in [-0.4, -0.2) is 35.0 Å². The summed E-state index contributed by atoms with van der Waals surface area (Å²) in [6, 6.07) is 2.92. The van der Waals surface area contributed by atoms with Crippen LogP contribution in [0.2, 0.25) is 0 Å². The summed E-state index contributed by atoms with van der Waals surface area (Å²) in [7, 11) is 1.32. The van der Waals surface area contributed by atoms with Gasteiger partial charge in [-0.25, -0.2) is 9.18 Å². The fraction of sp³-hybridized carbons (Fsp3) is 0.273. The number of hydrogen-bond acceptors (Lipinski definition) is 2. The van der Waals surface area contributed by atoms with Crippen molar-refractivity contribution in [3.63, 3.8) is 0 Å². The van der Waals surface area contributed by atoms with E-state index in [1.165, 1.54) is 26.1 Å². The van der Waals surface area contributed by atoms with E-state index in [0.29, 0.717) is 4.47 Å². The number of carbonyl (C=O) groups excluding carboxylic acids is 1. The van der Waals surface area contributed by atoms with Gasteiger partial charge in [0.15, 0.2) is 0 Å². The Balaban J connectivity index is 3.04. The van der Waals surface area contributed by atoms with Crippen molar-refractivity contribution in [2.75, 3.05) is 7.05 Å². The van der Waals surface area contributed by atoms with E-state index >= 15 is 0 Å². The third-order valence-corrected chi connectivity index (χ3v) is 2.91. The van der Waals surface area contributed by atoms with Gasteiger partial charge in [-0.2, -0.15) is 0 Å². The molecule has 4 nitrogen and oxygen atoms in total. The normalized spacial score (nSPS) is 12.0. The van der Waals surface area contributed by atoms with E-state index in [1.54, 1.807) is 0 Å². The molecule has 0 radical (unpaired) electrons. The van der Waals surface area contributed by atoms with Gasteiger partial charge in [-0.1, -0.05) is 15.9 Å². The molecule has 1 aromatic carbocycles. The monoisotopic (exact) mass is 303 g/mol. The number of benzene rings is 1. The number of likely N-dealkylation sites (N-methyl/N-ethyl adjacent to an activating group) is 1. The van der Waals surface area contributed by atoms with E-state index in [2.05, 4.69) is 15.9 Å². The molecule has 0 aromatic heterocycles. The van der Waals surface area contributed by atoms with Crippen LogP contribution in [0.1, 0.15) is 17.3 Å². The minimum atomic E-state index is -1.14. The predicted octanol–water partition coefficient (Wildman–Crippen LogP) is 2.13. The SMILES string of the molecule is CC(C(=O)O)N(C)C(=O)c1cc(Br)ccc1F. The number of halogens is 2. The van der Waals surface area contributed by atoms with Crippen LogP contribution in [0, 0.1) is 5.82 Å². The van der Waals surface area contributed by atoms with E-state index < -0.39 is 23.7 Å². The third-order valence-electron chi connectivity index (χ3n) is 2.42. The van der Waals surface area contributed by atoms with Gasteiger partial charge in [0.2, 0.25) is 0 Å². The molecule has 1 atom stereocenters. The molecule has 0 spiro atoms. The molecule has 1 amide bonds. The van der Waals surface area contributed by atoms with Crippen LogP contribution in [0.3, 0.4) is 0 Å². The lowest BCUT2D eigenvalue weighted by Crippen LogP contribution is -2.40. The van der Waals surface area contributed by atoms with Crippen molar-refractivity contribution in [1.82, 2.24) is 4.90 Å². The lowest BCUT2D eigenvalue weighted by molar-refractivity contribution is -0.141. The summed E-state index contributed by atoms with van der Waals surface area (Å²) in [5, 5.41) is 8.78. The Hall–Kier alpha value is -1.43. The van der Waals surface area contributed by atoms with Crippen LogP contribution in [-0.2, 0) is 4.79 Å². The molecule has 0 fully saturated rings. The highest BCUT2D eigenvalue weighted by Gasteiger charge is 2.24. The van der Waals surface area contributed by atoms with Crippen molar-refractivity contribution < 1.29 is 19.1 Å². The zero-order valence-electron chi connectivity index (χ0n) is 9.28. The molecule has 17 heavy (non-hydrogen) atoms. The second-order valence-corrected chi connectivity index (χ2v) is 4.47. The Morgan fingerprint density at radius 2 is 2.06 bits per heavy atom. The molecule has 0 aliphatic heterocycles. The standard InChI is InChI=1S/C11H11BrFNO3/c1-6(11(16)17)14(2)10(15)8-5-7(12)3-4-9(8)13/h3-6H,1-2H3,(H,16,17). The third kappa shape index (κ3) is 3.03. The largest absolute Gasteiger partial charge is 0.480 e. The summed E-state index contributed by atoms with van der Waals surface area (Å²) in [4.78, 5) is 23.6. The van der Waals surface area contributed by atoms with Crippen LogP contribution >= 0.6 is 15.9 Å². The van der Waals surface area contributed by atoms with Gasteiger partial charge < -0.3 is 10.0 Å². The molecule has 0 saturated carbocycles. The van der Waals surface area contributed by atoms with Gasteiger partial charge in [0.05, 0.1) is 5.56 Å². The van der Waals surface area contributed by atoms with Crippen LogP contribution < -0.4 is 0 Å². The maximum absolute atomic E-state index is 13.4. The number of hydrogen-bond donors (Lipinski definition) is 1. The molecule has 0 heterocycles. The Kier molecular flexibility index (Phi) is 4.22. The fourth-order valence-electron chi connectivity index (χ4n) is 1.19. The Morgan fingerprint density at radius 1 is 1.47 bits per heavy atom. The smallest absolute Gasteiger partial charge is 0.326 e. The Morgan fingerprint density at radius 3 is 2.59 bits per heavy atom. The number of carbonyl (C=O) groups is 2. The lowest BCUT2D eigenvalue weighted by Gasteiger charge is -2.21. The zero-order valence-corrected chi connectivity index (χ0v) is 10.9. The van der Waals surface area contributed by atoms with E-state index in [0.717, 1.165) is 11.0 Å². The van der Waals surface area contributed by atoms with Gasteiger partial charge in [-0.05, 0) is 25.1 Å². The maximum Gasteiger partial charge on any atom is 0.326 e. The van der Waals surface area contributed by atoms with Gasteiger partial charge in [-0.15, -0.1) is 0 Å². The molecular formula is C11H11BrFNO3. The summed E-state index contributed by atoms with van der Waals surface area (Å²) in [6.07, 6.45) is 0. The quantitative estimate of drug-likeness (QED) is 0.930. The minimum absolute atomic E-state index is 0.157. The molecule has 0 saturated heterocycles. The average Bonchev–Trinajstić information content (AvgIpc) is 2.29. The maximum atomic E-state index is 13.4. The highest BCUT2D eigenvalue weighted by molar-refractivity contribution is 9.10. The van der Waals surface area contributed by atoms with Crippen molar-refractivity contribution in [3.8, 4) is 0 Å². The van der Waals surface area contributed by atoms with E-state index in [1.807, 2.05) is 0 Å². The van der Waals surface area contributed by atoms with Gasteiger partial charge in [0, 0.05) is 11.5 Å². The molecule has 0 bridgehead atoms. The van der Waals surface area contributed by atoms with Crippen molar-refractivity contribution in [2.45, 2.75) is 13.0 Å². The van der Waals surface area contributed by atoms with Crippen molar-refractivity contribution in [3.05, 3.63) is 34.1 Å². The first kappa shape index (κ1) is 13.6. The molecule has 0 aliphatic rings. The van der Waals surface area contributed by atoms with E-state index in [4.69, 9.17) is 5.11 Å². The Labute approximate surface area is 106 Å². The molecule has 1 aromatic rings. The summed E-state index contributed by atoms with van der Waals surface area (Å²) in [5.74, 6) is -2.49. The second kappa shape index (κ2) is 5.27. The summed E-state index contributed by atoms with van der Waals surface area (Å²) < 4.78 is 14.0. The van der Waals surface area contributed by atoms with Gasteiger partial charge >= 0.3 is 5.97 Å². The van der Waals surface area contributed by atoms with Crippen LogP contribution in [0.5, 0.6) is 0 Å². The molecule has 92 valence electrons. The van der Waals surface area contributed by atoms with Crippen molar-refractivity contribution in [2.24, 2.45) is 0 Å². The fourth-order valence-corrected chi connectivity index (χ4v) is 1.55. The van der Waals surface area contributed by atoms with Crippen LogP contribution in [0.25, 0.3) is 0 Å². The minimum Gasteiger partial charge on any atom is -0.480 e. The summed E-state index contributed by atoms with van der Waals surface area (Å²) >= 11 is 3.13. The van der Waals surface area contributed by atoms with Gasteiger partial charge in [-0.3, -0.25) is 4.79 Å². The molecule has 1 N–H and O–H groups in total. The number of rotatable bonds is 3. The first-order valence-corrected chi connectivity index (χ1v) is 5.59. The van der Waals surface area contributed by atoms with Crippen LogP contribution in [0.15, 0.2) is 22.7 Å². The molecular weight excluding hydrogens is 293 g/mol. The van der Waals surface area contributed by atoms with Gasteiger partial charge in [0.25, 0.3) is 5.91 Å². The predicted molar refractivity (Wildman–Crippen MR) is 63.3 cm³/mol. The van der Waals surface area contributed by atoms with E-state index in [9.17, 15) is 14.0 Å². The van der Waals surface area contributed by atoms with Gasteiger partial charge in [0.1, 0.15) is 11.9 Å². The topological polar surface area (TPSA) is 57.6 Å². The molecule has 6 heteroatoms. The number of nitrogens with zero attached hydrogens (tertiary/aromatic N) is 1. The van der Waals surface area contributed by atoms with Crippen molar-refractivity contribution in [1.29, 1.82) is 0 Å². The zero-order chi connectivity index (χ0) is 13.2. The van der Waals surface area contributed by atoms with Crippen LogP contribution in [0.4, 0.5) is 4.39 Å². The number of amides is 1. The molecule has 0 aliphatic carbocycles. The molecule has 1 unspecified atom stereocenters. The lowest BCUT2D eigenvalue weighted by atomic mass is 10.1. The Bertz CT molecular complexity index is 464. The van der Waals surface area contributed by atoms with E-state index in [-0.39, 0.29) is 5.56 Å². The summed E-state index contributed by atoms with van der Waals surface area (Å²) in [6.45, 7) is 1.36. The van der Waals surface area contributed by atoms with Crippen molar-refractivity contribution >= 4 is 27.8 Å². The molecule has 1 rings (SSSR count). The number of aliphatic carboxylic acids is 1. The second-order valence-electron chi connectivity index (χ2n) is 3.55. The number of carboxylic acids is 1. The number of carboxylic acid groups (broad SMARTS) is 1. The first-order valence-electron chi connectivity index (χ1n) is 4.79. The summed E-state index contributed by atoms with van der Waals surface area (Å²) in [5.41, 5.74) is -0.157.